The number of hydrogen-bond donors (Lipinski definition) is 1. The van der Waals surface area contributed by atoms with E-state index >= 15 is 0 Å². The van der Waals surface area contributed by atoms with Gasteiger partial charge in [0.25, 0.3) is 0 Å². The van der Waals surface area contributed by atoms with Crippen molar-refractivity contribution in [3.63, 3.8) is 0 Å². The number of hydrogen-bond acceptors (Lipinski definition) is 3. The summed E-state index contributed by atoms with van der Waals surface area (Å²) in [5, 5.41) is 8.70. The van der Waals surface area contributed by atoms with Crippen LogP contribution in [0.5, 0.6) is 5.75 Å². The lowest BCUT2D eigenvalue weighted by Crippen LogP contribution is -2.03. The quantitative estimate of drug-likeness (QED) is 0.915. The third-order valence-electron chi connectivity index (χ3n) is 2.72. The van der Waals surface area contributed by atoms with Crippen LogP contribution >= 0.6 is 0 Å². The number of nitrogens with two attached hydrogens (primary N) is 1. The van der Waals surface area contributed by atoms with E-state index in [9.17, 15) is 4.39 Å². The van der Waals surface area contributed by atoms with Gasteiger partial charge in [-0.2, -0.15) is 5.26 Å². The number of rotatable bonds is 4. The average molecular weight is 256 g/mol. The van der Waals surface area contributed by atoms with Gasteiger partial charge in [0.05, 0.1) is 11.6 Å². The molecule has 0 saturated carbocycles. The molecule has 0 heterocycles. The number of ether oxygens (including phenoxy) is 1. The van der Waals surface area contributed by atoms with Gasteiger partial charge in [0, 0.05) is 12.1 Å². The van der Waals surface area contributed by atoms with Crippen molar-refractivity contribution >= 4 is 0 Å². The van der Waals surface area contributed by atoms with E-state index in [1.807, 2.05) is 12.1 Å². The first-order chi connectivity index (χ1) is 9.22. The van der Waals surface area contributed by atoms with Crippen LogP contribution in [0, 0.1) is 17.1 Å². The van der Waals surface area contributed by atoms with Crippen molar-refractivity contribution in [2.24, 2.45) is 5.73 Å². The highest BCUT2D eigenvalue weighted by molar-refractivity contribution is 5.35. The first kappa shape index (κ1) is 13.1. The largest absolute Gasteiger partial charge is 0.489 e. The van der Waals surface area contributed by atoms with E-state index in [2.05, 4.69) is 6.07 Å². The summed E-state index contributed by atoms with van der Waals surface area (Å²) in [6.45, 7) is 0.574. The van der Waals surface area contributed by atoms with E-state index in [0.717, 1.165) is 5.56 Å². The third kappa shape index (κ3) is 3.30. The fourth-order valence-corrected chi connectivity index (χ4v) is 1.68. The Morgan fingerprint density at radius 1 is 1.16 bits per heavy atom. The molecule has 2 N–H and O–H groups in total. The third-order valence-corrected chi connectivity index (χ3v) is 2.72. The molecule has 0 aliphatic carbocycles. The maximum absolute atomic E-state index is 13.0. The lowest BCUT2D eigenvalue weighted by Gasteiger charge is -2.10. The molecule has 0 unspecified atom stereocenters. The van der Waals surface area contributed by atoms with Crippen LogP contribution in [0.3, 0.4) is 0 Å². The first-order valence-electron chi connectivity index (χ1n) is 5.83. The summed E-state index contributed by atoms with van der Waals surface area (Å²) in [4.78, 5) is 0. The second-order valence-corrected chi connectivity index (χ2v) is 4.05. The number of benzene rings is 2. The van der Waals surface area contributed by atoms with Crippen LogP contribution in [-0.2, 0) is 13.2 Å². The Balaban J connectivity index is 2.07. The molecule has 0 bridgehead atoms. The van der Waals surface area contributed by atoms with Gasteiger partial charge in [0.15, 0.2) is 0 Å². The van der Waals surface area contributed by atoms with Crippen molar-refractivity contribution in [1.29, 1.82) is 5.26 Å². The van der Waals surface area contributed by atoms with Crippen LogP contribution in [-0.4, -0.2) is 0 Å². The second-order valence-electron chi connectivity index (χ2n) is 4.05. The predicted molar refractivity (Wildman–Crippen MR) is 69.8 cm³/mol. The fourth-order valence-electron chi connectivity index (χ4n) is 1.68. The van der Waals surface area contributed by atoms with Crippen LogP contribution < -0.4 is 10.5 Å². The minimum Gasteiger partial charge on any atom is -0.489 e. The van der Waals surface area contributed by atoms with E-state index in [1.165, 1.54) is 12.1 Å². The fraction of sp³-hybridized carbons (Fsp3) is 0.133. The number of nitriles is 1. The maximum Gasteiger partial charge on any atom is 0.124 e. The Morgan fingerprint density at radius 2 is 1.89 bits per heavy atom. The molecule has 0 aliphatic rings. The highest BCUT2D eigenvalue weighted by atomic mass is 19.1. The maximum atomic E-state index is 13.0. The monoisotopic (exact) mass is 256 g/mol. The predicted octanol–water partition coefficient (Wildman–Crippen LogP) is 2.74. The summed E-state index contributed by atoms with van der Waals surface area (Å²) in [6, 6.07) is 13.4. The van der Waals surface area contributed by atoms with Gasteiger partial charge in [-0.25, -0.2) is 4.39 Å². The van der Waals surface area contributed by atoms with Gasteiger partial charge >= 0.3 is 0 Å². The Kier molecular flexibility index (Phi) is 4.11. The van der Waals surface area contributed by atoms with E-state index in [-0.39, 0.29) is 12.4 Å². The van der Waals surface area contributed by atoms with Crippen molar-refractivity contribution in [2.75, 3.05) is 0 Å². The molecule has 96 valence electrons. The zero-order valence-electron chi connectivity index (χ0n) is 10.3. The summed E-state index contributed by atoms with van der Waals surface area (Å²) < 4.78 is 18.7. The van der Waals surface area contributed by atoms with Crippen molar-refractivity contribution in [2.45, 2.75) is 13.2 Å². The van der Waals surface area contributed by atoms with Gasteiger partial charge in [-0.05, 0) is 35.9 Å². The van der Waals surface area contributed by atoms with Crippen LogP contribution in [0.4, 0.5) is 4.39 Å². The van der Waals surface area contributed by atoms with E-state index < -0.39 is 0 Å². The normalized spacial score (nSPS) is 9.95. The van der Waals surface area contributed by atoms with Crippen LogP contribution in [0.1, 0.15) is 16.7 Å². The lowest BCUT2D eigenvalue weighted by atomic mass is 10.1. The highest BCUT2D eigenvalue weighted by Crippen LogP contribution is 2.20. The summed E-state index contributed by atoms with van der Waals surface area (Å²) in [5.74, 6) is 0.249. The first-order valence-corrected chi connectivity index (χ1v) is 5.83. The van der Waals surface area contributed by atoms with Crippen LogP contribution in [0.25, 0.3) is 0 Å². The number of nitrogens with zero attached hydrogens (tertiary/aromatic N) is 1. The molecule has 0 atom stereocenters. The van der Waals surface area contributed by atoms with Crippen molar-refractivity contribution < 1.29 is 9.13 Å². The summed E-state index contributed by atoms with van der Waals surface area (Å²) in [6.07, 6.45) is 0. The topological polar surface area (TPSA) is 59.0 Å². The van der Waals surface area contributed by atoms with Crippen LogP contribution in [0.15, 0.2) is 42.5 Å². The van der Waals surface area contributed by atoms with Crippen molar-refractivity contribution in [1.82, 2.24) is 0 Å². The molecule has 0 saturated heterocycles. The average Bonchev–Trinajstić information content (AvgIpc) is 2.46. The Labute approximate surface area is 111 Å². The molecule has 19 heavy (non-hydrogen) atoms. The zero-order valence-corrected chi connectivity index (χ0v) is 10.3. The Hall–Kier alpha value is -2.38. The molecule has 2 aromatic carbocycles. The molecule has 0 aromatic heterocycles. The molecule has 2 rings (SSSR count). The van der Waals surface area contributed by atoms with Crippen molar-refractivity contribution in [3.05, 3.63) is 65.0 Å². The van der Waals surface area contributed by atoms with Gasteiger partial charge in [-0.1, -0.05) is 12.1 Å². The standard InChI is InChI=1S/C15H13FN2O/c16-14-5-6-15(13(7-14)9-18)19-10-12-3-1-11(8-17)2-4-12/h1-7H,9-10,18H2. The van der Waals surface area contributed by atoms with Crippen molar-refractivity contribution in [3.8, 4) is 11.8 Å². The lowest BCUT2D eigenvalue weighted by molar-refractivity contribution is 0.302. The number of halogens is 1. The summed E-state index contributed by atoms with van der Waals surface area (Å²) in [5.41, 5.74) is 7.72. The van der Waals surface area contributed by atoms with Gasteiger partial charge in [0.2, 0.25) is 0 Å². The minimum atomic E-state index is -0.328. The van der Waals surface area contributed by atoms with E-state index in [4.69, 9.17) is 15.7 Å². The molecular formula is C15H13FN2O. The van der Waals surface area contributed by atoms with E-state index in [0.29, 0.717) is 23.5 Å². The Morgan fingerprint density at radius 3 is 2.53 bits per heavy atom. The summed E-state index contributed by atoms with van der Waals surface area (Å²) >= 11 is 0. The van der Waals surface area contributed by atoms with Gasteiger partial charge in [0.1, 0.15) is 18.2 Å². The molecule has 3 nitrogen and oxygen atoms in total. The Bertz CT molecular complexity index is 603. The highest BCUT2D eigenvalue weighted by Gasteiger charge is 2.04. The van der Waals surface area contributed by atoms with E-state index in [1.54, 1.807) is 18.2 Å². The summed E-state index contributed by atoms with van der Waals surface area (Å²) in [7, 11) is 0. The molecule has 2 aromatic rings. The SMILES string of the molecule is N#Cc1ccc(COc2ccc(F)cc2CN)cc1. The van der Waals surface area contributed by atoms with Gasteiger partial charge < -0.3 is 10.5 Å². The molecule has 0 spiro atoms. The molecule has 0 radical (unpaired) electrons. The minimum absolute atomic E-state index is 0.223. The molecular weight excluding hydrogens is 243 g/mol. The van der Waals surface area contributed by atoms with Gasteiger partial charge in [-0.15, -0.1) is 0 Å². The van der Waals surface area contributed by atoms with Crippen LogP contribution in [0.2, 0.25) is 0 Å². The van der Waals surface area contributed by atoms with Gasteiger partial charge in [-0.3, -0.25) is 0 Å². The molecule has 0 aliphatic heterocycles. The second kappa shape index (κ2) is 5.98. The molecule has 0 amide bonds. The molecule has 0 fully saturated rings. The smallest absolute Gasteiger partial charge is 0.124 e. The zero-order chi connectivity index (χ0) is 13.7. The molecule has 4 heteroatoms.